The highest BCUT2D eigenvalue weighted by atomic mass is 32.2. The van der Waals surface area contributed by atoms with Gasteiger partial charge in [-0.2, -0.15) is 0 Å². The molecule has 136 valence electrons. The van der Waals surface area contributed by atoms with E-state index in [0.717, 1.165) is 6.42 Å². The van der Waals surface area contributed by atoms with E-state index in [2.05, 4.69) is 21.9 Å². The molecule has 1 saturated carbocycles. The number of carbonyl (C=O) groups excluding carboxylic acids is 3. The number of nitrogens with one attached hydrogen (secondary N) is 3. The first-order chi connectivity index (χ1) is 12.3. The van der Waals surface area contributed by atoms with E-state index in [1.165, 1.54) is 18.2 Å². The molecule has 3 rings (SSSR count). The summed E-state index contributed by atoms with van der Waals surface area (Å²) in [4.78, 5) is 35.3. The van der Waals surface area contributed by atoms with Gasteiger partial charge in [-0.05, 0) is 37.5 Å². The number of rotatable bonds is 2. The molecule has 9 heteroatoms. The minimum Gasteiger partial charge on any atom is -0.345 e. The molecule has 3 amide bonds. The molecule has 1 fully saturated rings. The van der Waals surface area contributed by atoms with Crippen LogP contribution < -0.4 is 16.0 Å². The zero-order valence-electron chi connectivity index (χ0n) is 13.7. The highest BCUT2D eigenvalue weighted by Crippen LogP contribution is 2.29. The van der Waals surface area contributed by atoms with Crippen molar-refractivity contribution in [1.29, 1.82) is 0 Å². The molecule has 1 aromatic rings. The van der Waals surface area contributed by atoms with Crippen LogP contribution in [0.25, 0.3) is 0 Å². The number of anilines is 2. The topological polar surface area (TPSA) is 121 Å². The summed E-state index contributed by atoms with van der Waals surface area (Å²) in [5, 5.41) is 7.45. The predicted molar refractivity (Wildman–Crippen MR) is 93.9 cm³/mol. The van der Waals surface area contributed by atoms with Gasteiger partial charge in [-0.25, -0.2) is 8.42 Å². The van der Waals surface area contributed by atoms with Crippen LogP contribution in [0.5, 0.6) is 0 Å². The molecule has 8 nitrogen and oxygen atoms in total. The van der Waals surface area contributed by atoms with Crippen LogP contribution in [-0.2, 0) is 24.2 Å². The second-order valence-corrected chi connectivity index (χ2v) is 8.28. The Balaban J connectivity index is 1.68. The van der Waals surface area contributed by atoms with E-state index in [1.807, 2.05) is 0 Å². The molecule has 26 heavy (non-hydrogen) atoms. The van der Waals surface area contributed by atoms with E-state index in [0.29, 0.717) is 12.8 Å². The average Bonchev–Trinajstić information content (AvgIpc) is 3.02. The smallest absolute Gasteiger partial charge is 0.313 e. The number of benzene rings is 1. The predicted octanol–water partition coefficient (Wildman–Crippen LogP) is 0.269. The van der Waals surface area contributed by atoms with Crippen molar-refractivity contribution in [1.82, 2.24) is 5.32 Å². The Kier molecular flexibility index (Phi) is 4.70. The molecule has 0 radical (unpaired) electrons. The summed E-state index contributed by atoms with van der Waals surface area (Å²) >= 11 is 0. The molecule has 0 spiro atoms. The Morgan fingerprint density at radius 2 is 2.00 bits per heavy atom. The van der Waals surface area contributed by atoms with Gasteiger partial charge >= 0.3 is 11.8 Å². The molecule has 2 aliphatic rings. The maximum atomic E-state index is 12.1. The van der Waals surface area contributed by atoms with Crippen LogP contribution in [0.3, 0.4) is 0 Å². The first kappa shape index (κ1) is 17.9. The molecular weight excluding hydrogens is 358 g/mol. The number of carbonyl (C=O) groups is 3. The lowest BCUT2D eigenvalue weighted by Crippen LogP contribution is -2.40. The number of terminal acetylenes is 1. The number of sulfone groups is 1. The molecule has 0 aromatic heterocycles. The van der Waals surface area contributed by atoms with Gasteiger partial charge in [0.05, 0.1) is 10.6 Å². The summed E-state index contributed by atoms with van der Waals surface area (Å²) in [6.45, 7) is 0. The van der Waals surface area contributed by atoms with Crippen molar-refractivity contribution < 1.29 is 22.8 Å². The van der Waals surface area contributed by atoms with E-state index in [1.54, 1.807) is 0 Å². The third-order valence-corrected chi connectivity index (χ3v) is 6.03. The molecule has 0 saturated heterocycles. The monoisotopic (exact) mass is 375 g/mol. The van der Waals surface area contributed by atoms with Crippen LogP contribution in [0.15, 0.2) is 23.1 Å². The van der Waals surface area contributed by atoms with Gasteiger partial charge < -0.3 is 16.0 Å². The van der Waals surface area contributed by atoms with Crippen LogP contribution in [0.2, 0.25) is 0 Å². The number of hydrogen-bond donors (Lipinski definition) is 3. The van der Waals surface area contributed by atoms with E-state index in [4.69, 9.17) is 6.42 Å². The van der Waals surface area contributed by atoms with Gasteiger partial charge in [0, 0.05) is 17.6 Å². The summed E-state index contributed by atoms with van der Waals surface area (Å²) in [5.41, 5.74) is 0.298. The van der Waals surface area contributed by atoms with Crippen LogP contribution in [-0.4, -0.2) is 37.9 Å². The fraction of sp³-hybridized carbons (Fsp3) is 0.353. The van der Waals surface area contributed by atoms with Gasteiger partial charge in [-0.1, -0.05) is 0 Å². The van der Waals surface area contributed by atoms with Crippen molar-refractivity contribution >= 4 is 38.9 Å². The molecular formula is C17H17N3O5S. The zero-order chi connectivity index (χ0) is 18.9. The molecule has 2 atom stereocenters. The summed E-state index contributed by atoms with van der Waals surface area (Å²) < 4.78 is 24.2. The zero-order valence-corrected chi connectivity index (χ0v) is 14.6. The van der Waals surface area contributed by atoms with Gasteiger partial charge in [0.2, 0.25) is 5.91 Å². The van der Waals surface area contributed by atoms with E-state index in [9.17, 15) is 22.8 Å². The lowest BCUT2D eigenvalue weighted by atomic mass is 10.1. The fourth-order valence-corrected chi connectivity index (χ4v) is 4.43. The highest BCUT2D eigenvalue weighted by Gasteiger charge is 2.30. The largest absolute Gasteiger partial charge is 0.345 e. The van der Waals surface area contributed by atoms with Crippen molar-refractivity contribution in [3.63, 3.8) is 0 Å². The van der Waals surface area contributed by atoms with Crippen molar-refractivity contribution in [2.24, 2.45) is 5.92 Å². The van der Waals surface area contributed by atoms with Crippen LogP contribution in [0, 0.1) is 18.3 Å². The van der Waals surface area contributed by atoms with E-state index in [-0.39, 0.29) is 28.2 Å². The summed E-state index contributed by atoms with van der Waals surface area (Å²) in [7, 11) is -3.78. The minimum atomic E-state index is -3.78. The van der Waals surface area contributed by atoms with E-state index >= 15 is 0 Å². The standard InChI is InChI=1S/C17H17N3O5S/c1-2-10-3-4-11(7-10)18-16(22)17(23)19-12-5-6-13-14(8-12)26(24,25)9-15(21)20-13/h1,5-6,8,10-11H,3-4,7,9H2,(H,18,22)(H,19,23)(H,20,21). The molecule has 1 aromatic carbocycles. The number of fused-ring (bicyclic) bond motifs is 1. The summed E-state index contributed by atoms with van der Waals surface area (Å²) in [5.74, 6) is -0.234. The third kappa shape index (κ3) is 3.70. The summed E-state index contributed by atoms with van der Waals surface area (Å²) in [6, 6.07) is 3.86. The van der Waals surface area contributed by atoms with Crippen molar-refractivity contribution in [2.75, 3.05) is 16.4 Å². The quantitative estimate of drug-likeness (QED) is 0.506. The molecule has 2 unspecified atom stereocenters. The summed E-state index contributed by atoms with van der Waals surface area (Å²) in [6.07, 6.45) is 7.51. The lowest BCUT2D eigenvalue weighted by Gasteiger charge is -2.18. The second kappa shape index (κ2) is 6.80. The van der Waals surface area contributed by atoms with Gasteiger partial charge in [-0.3, -0.25) is 14.4 Å². The Labute approximate surface area is 150 Å². The van der Waals surface area contributed by atoms with Gasteiger partial charge in [-0.15, -0.1) is 12.3 Å². The maximum absolute atomic E-state index is 12.1. The SMILES string of the molecule is C#CC1CCC(NC(=O)C(=O)Nc2ccc3c(c2)S(=O)(=O)CC(=O)N3)C1. The Hall–Kier alpha value is -2.86. The lowest BCUT2D eigenvalue weighted by molar-refractivity contribution is -0.136. The number of amides is 3. The third-order valence-electron chi connectivity index (χ3n) is 4.38. The van der Waals surface area contributed by atoms with Gasteiger partial charge in [0.15, 0.2) is 9.84 Å². The van der Waals surface area contributed by atoms with Crippen LogP contribution in [0.4, 0.5) is 11.4 Å². The fourth-order valence-electron chi connectivity index (χ4n) is 3.10. The van der Waals surface area contributed by atoms with Crippen molar-refractivity contribution in [3.8, 4) is 12.3 Å². The van der Waals surface area contributed by atoms with Crippen LogP contribution in [0.1, 0.15) is 19.3 Å². The van der Waals surface area contributed by atoms with Crippen molar-refractivity contribution in [2.45, 2.75) is 30.2 Å². The van der Waals surface area contributed by atoms with Gasteiger partial charge in [0.1, 0.15) is 5.75 Å². The minimum absolute atomic E-state index is 0.0945. The highest BCUT2D eigenvalue weighted by molar-refractivity contribution is 7.92. The first-order valence-electron chi connectivity index (χ1n) is 8.03. The second-order valence-electron chi connectivity index (χ2n) is 6.32. The van der Waals surface area contributed by atoms with Crippen molar-refractivity contribution in [3.05, 3.63) is 18.2 Å². The maximum Gasteiger partial charge on any atom is 0.313 e. The van der Waals surface area contributed by atoms with E-state index < -0.39 is 33.3 Å². The Bertz CT molecular complexity index is 932. The Morgan fingerprint density at radius 3 is 2.69 bits per heavy atom. The average molecular weight is 375 g/mol. The molecule has 1 heterocycles. The van der Waals surface area contributed by atoms with Gasteiger partial charge in [0.25, 0.3) is 0 Å². The number of hydrogen-bond acceptors (Lipinski definition) is 5. The van der Waals surface area contributed by atoms with Crippen LogP contribution >= 0.6 is 0 Å². The molecule has 0 bridgehead atoms. The first-order valence-corrected chi connectivity index (χ1v) is 9.68. The molecule has 1 aliphatic heterocycles. The molecule has 3 N–H and O–H groups in total. The normalized spacial score (nSPS) is 23.3. The molecule has 1 aliphatic carbocycles. The Morgan fingerprint density at radius 1 is 1.23 bits per heavy atom.